The fraction of sp³-hybridized carbons (Fsp3) is 0.500. The van der Waals surface area contributed by atoms with Crippen LogP contribution >= 0.6 is 0 Å². The molecule has 2 aromatic heterocycles. The van der Waals surface area contributed by atoms with Crippen LogP contribution in [-0.4, -0.2) is 38.6 Å². The summed E-state index contributed by atoms with van der Waals surface area (Å²) in [6, 6.07) is 3.52. The molecule has 1 amide bonds. The third-order valence-electron chi connectivity index (χ3n) is 3.80. The Morgan fingerprint density at radius 2 is 2.33 bits per heavy atom. The number of aromatic nitrogens is 3. The van der Waals surface area contributed by atoms with E-state index in [2.05, 4.69) is 10.1 Å². The van der Waals surface area contributed by atoms with Crippen molar-refractivity contribution in [3.63, 3.8) is 0 Å². The van der Waals surface area contributed by atoms with Gasteiger partial charge in [-0.15, -0.1) is 0 Å². The minimum absolute atomic E-state index is 0.0376. The van der Waals surface area contributed by atoms with Crippen molar-refractivity contribution >= 4 is 5.91 Å². The van der Waals surface area contributed by atoms with E-state index in [-0.39, 0.29) is 24.8 Å². The van der Waals surface area contributed by atoms with Crippen LogP contribution in [0.1, 0.15) is 35.0 Å². The van der Waals surface area contributed by atoms with Gasteiger partial charge in [0, 0.05) is 19.8 Å². The lowest BCUT2D eigenvalue weighted by atomic mass is 9.94. The Hall–Kier alpha value is -2.18. The second-order valence-corrected chi connectivity index (χ2v) is 5.45. The summed E-state index contributed by atoms with van der Waals surface area (Å²) in [5, 5.41) is 3.64. The fourth-order valence-corrected chi connectivity index (χ4v) is 2.68. The Kier molecular flexibility index (Phi) is 3.27. The first kappa shape index (κ1) is 13.8. The maximum absolute atomic E-state index is 15.1. The van der Waals surface area contributed by atoms with Crippen molar-refractivity contribution in [2.45, 2.75) is 25.4 Å². The molecule has 112 valence electrons. The molecule has 0 spiro atoms. The van der Waals surface area contributed by atoms with Gasteiger partial charge in [0.1, 0.15) is 5.69 Å². The Labute approximate surface area is 121 Å². The summed E-state index contributed by atoms with van der Waals surface area (Å²) in [6.07, 6.45) is 2.64. The van der Waals surface area contributed by atoms with E-state index in [1.165, 1.54) is 4.90 Å². The molecule has 7 heteroatoms. The van der Waals surface area contributed by atoms with Gasteiger partial charge in [-0.1, -0.05) is 5.16 Å². The molecular weight excluding hydrogens is 275 g/mol. The Bertz CT molecular complexity index is 665. The standard InChI is InChI=1S/C14H17FN4O2/c1-10-16-13(21-17-10)14(15)6-4-8-19(9-14)12(20)11-5-3-7-18(11)2/h3,5,7H,4,6,8-9H2,1-2H3. The number of rotatable bonds is 2. The lowest BCUT2D eigenvalue weighted by Crippen LogP contribution is -2.47. The highest BCUT2D eigenvalue weighted by molar-refractivity contribution is 5.92. The Morgan fingerprint density at radius 1 is 1.52 bits per heavy atom. The van der Waals surface area contributed by atoms with E-state index in [1.54, 1.807) is 36.9 Å². The van der Waals surface area contributed by atoms with Gasteiger partial charge in [0.2, 0.25) is 5.67 Å². The summed E-state index contributed by atoms with van der Waals surface area (Å²) < 4.78 is 21.8. The first-order valence-corrected chi connectivity index (χ1v) is 6.90. The van der Waals surface area contributed by atoms with Crippen LogP contribution < -0.4 is 0 Å². The van der Waals surface area contributed by atoms with Crippen molar-refractivity contribution in [1.29, 1.82) is 0 Å². The molecule has 2 aromatic rings. The molecule has 0 radical (unpaired) electrons. The van der Waals surface area contributed by atoms with E-state index < -0.39 is 5.67 Å². The first-order chi connectivity index (χ1) is 9.99. The number of carbonyl (C=O) groups is 1. The number of likely N-dealkylation sites (tertiary alicyclic amines) is 1. The van der Waals surface area contributed by atoms with Crippen molar-refractivity contribution in [2.24, 2.45) is 7.05 Å². The zero-order valence-corrected chi connectivity index (χ0v) is 12.0. The molecule has 0 saturated carbocycles. The zero-order chi connectivity index (χ0) is 15.0. The van der Waals surface area contributed by atoms with Gasteiger partial charge in [-0.25, -0.2) is 4.39 Å². The number of piperidine rings is 1. The molecular formula is C14H17FN4O2. The van der Waals surface area contributed by atoms with Crippen LogP contribution in [-0.2, 0) is 12.7 Å². The summed E-state index contributed by atoms with van der Waals surface area (Å²) in [5.41, 5.74) is -1.22. The van der Waals surface area contributed by atoms with Gasteiger partial charge >= 0.3 is 0 Å². The van der Waals surface area contributed by atoms with E-state index in [0.717, 1.165) is 0 Å². The van der Waals surface area contributed by atoms with Crippen molar-refractivity contribution in [1.82, 2.24) is 19.6 Å². The summed E-state index contributed by atoms with van der Waals surface area (Å²) in [5.74, 6) is 0.178. The normalized spacial score (nSPS) is 22.5. The van der Waals surface area contributed by atoms with Gasteiger partial charge in [-0.05, 0) is 31.9 Å². The molecule has 0 aromatic carbocycles. The van der Waals surface area contributed by atoms with Crippen molar-refractivity contribution in [3.8, 4) is 0 Å². The van der Waals surface area contributed by atoms with Crippen LogP contribution in [0.2, 0.25) is 0 Å². The Balaban J connectivity index is 1.83. The number of nitrogens with zero attached hydrogens (tertiary/aromatic N) is 4. The third kappa shape index (κ3) is 2.43. The quantitative estimate of drug-likeness (QED) is 0.847. The molecule has 0 aliphatic carbocycles. The van der Waals surface area contributed by atoms with Gasteiger partial charge in [0.25, 0.3) is 11.8 Å². The molecule has 0 bridgehead atoms. The molecule has 1 fully saturated rings. The molecule has 0 N–H and O–H groups in total. The number of amides is 1. The van der Waals surface area contributed by atoms with Crippen LogP contribution in [0.3, 0.4) is 0 Å². The van der Waals surface area contributed by atoms with Gasteiger partial charge in [-0.2, -0.15) is 4.98 Å². The zero-order valence-electron chi connectivity index (χ0n) is 12.0. The van der Waals surface area contributed by atoms with E-state index in [4.69, 9.17) is 4.52 Å². The summed E-state index contributed by atoms with van der Waals surface area (Å²) in [7, 11) is 1.79. The Morgan fingerprint density at radius 3 is 2.95 bits per heavy atom. The molecule has 1 atom stereocenters. The minimum Gasteiger partial charge on any atom is -0.347 e. The van der Waals surface area contributed by atoms with E-state index >= 15 is 4.39 Å². The molecule has 6 nitrogen and oxygen atoms in total. The highest BCUT2D eigenvalue weighted by Crippen LogP contribution is 2.35. The number of halogens is 1. The molecule has 3 rings (SSSR count). The van der Waals surface area contributed by atoms with Crippen molar-refractivity contribution < 1.29 is 13.7 Å². The lowest BCUT2D eigenvalue weighted by Gasteiger charge is -2.35. The average Bonchev–Trinajstić information content (AvgIpc) is 3.07. The molecule has 3 heterocycles. The second-order valence-electron chi connectivity index (χ2n) is 5.45. The lowest BCUT2D eigenvalue weighted by molar-refractivity contribution is 0.0147. The first-order valence-electron chi connectivity index (χ1n) is 6.90. The monoisotopic (exact) mass is 292 g/mol. The summed E-state index contributed by atoms with van der Waals surface area (Å²) >= 11 is 0. The smallest absolute Gasteiger partial charge is 0.270 e. The highest BCUT2D eigenvalue weighted by Gasteiger charge is 2.43. The maximum atomic E-state index is 15.1. The van der Waals surface area contributed by atoms with E-state index in [9.17, 15) is 4.79 Å². The van der Waals surface area contributed by atoms with Crippen LogP contribution in [0.15, 0.2) is 22.9 Å². The van der Waals surface area contributed by atoms with E-state index in [1.807, 2.05) is 0 Å². The number of hydrogen-bond donors (Lipinski definition) is 0. The predicted octanol–water partition coefficient (Wildman–Crippen LogP) is 1.82. The third-order valence-corrected chi connectivity index (χ3v) is 3.80. The highest BCUT2D eigenvalue weighted by atomic mass is 19.1. The van der Waals surface area contributed by atoms with Gasteiger partial charge in [-0.3, -0.25) is 4.79 Å². The van der Waals surface area contributed by atoms with Crippen LogP contribution in [0.4, 0.5) is 4.39 Å². The second kappa shape index (κ2) is 4.98. The molecule has 1 aliphatic heterocycles. The molecule has 1 unspecified atom stereocenters. The number of hydrogen-bond acceptors (Lipinski definition) is 4. The minimum atomic E-state index is -1.76. The largest absolute Gasteiger partial charge is 0.347 e. The molecule has 1 aliphatic rings. The summed E-state index contributed by atoms with van der Waals surface area (Å²) in [6.45, 7) is 2.12. The number of carbonyl (C=O) groups excluding carboxylic acids is 1. The SMILES string of the molecule is Cc1noc(C2(F)CCCN(C(=O)c3cccn3C)C2)n1. The van der Waals surface area contributed by atoms with Crippen LogP contribution in [0.25, 0.3) is 0 Å². The average molecular weight is 292 g/mol. The van der Waals surface area contributed by atoms with Gasteiger partial charge < -0.3 is 14.0 Å². The maximum Gasteiger partial charge on any atom is 0.270 e. The van der Waals surface area contributed by atoms with Crippen LogP contribution in [0.5, 0.6) is 0 Å². The van der Waals surface area contributed by atoms with Crippen molar-refractivity contribution in [2.75, 3.05) is 13.1 Å². The number of alkyl halides is 1. The van der Waals surface area contributed by atoms with Crippen LogP contribution in [0, 0.1) is 6.92 Å². The molecule has 21 heavy (non-hydrogen) atoms. The topological polar surface area (TPSA) is 64.2 Å². The predicted molar refractivity (Wildman–Crippen MR) is 72.4 cm³/mol. The van der Waals surface area contributed by atoms with Gasteiger partial charge in [0.05, 0.1) is 6.54 Å². The van der Waals surface area contributed by atoms with Crippen molar-refractivity contribution in [3.05, 3.63) is 35.7 Å². The van der Waals surface area contributed by atoms with E-state index in [0.29, 0.717) is 24.5 Å². The fourth-order valence-electron chi connectivity index (χ4n) is 2.68. The summed E-state index contributed by atoms with van der Waals surface area (Å²) in [4.78, 5) is 18.0. The number of aryl methyl sites for hydroxylation is 2. The van der Waals surface area contributed by atoms with Gasteiger partial charge in [0.15, 0.2) is 5.82 Å². The molecule has 1 saturated heterocycles.